The van der Waals surface area contributed by atoms with Gasteiger partial charge < -0.3 is 10.2 Å². The van der Waals surface area contributed by atoms with Gasteiger partial charge >= 0.3 is 0 Å². The maximum absolute atomic E-state index is 12.5. The van der Waals surface area contributed by atoms with Gasteiger partial charge in [0.15, 0.2) is 0 Å². The summed E-state index contributed by atoms with van der Waals surface area (Å²) in [5.41, 5.74) is 5.05. The zero-order valence-electron chi connectivity index (χ0n) is 16.0. The summed E-state index contributed by atoms with van der Waals surface area (Å²) >= 11 is 0. The molecule has 146 valence electrons. The predicted octanol–water partition coefficient (Wildman–Crippen LogP) is 3.53. The van der Waals surface area contributed by atoms with Crippen molar-refractivity contribution in [1.29, 1.82) is 0 Å². The SMILES string of the molecule is O=C1CC(c2ccccc2Cn2cccn2)c2ccc(N3CCCC3=O)cc2N1. The van der Waals surface area contributed by atoms with Crippen LogP contribution < -0.4 is 10.2 Å². The molecule has 2 aliphatic rings. The molecule has 5 rings (SSSR count). The van der Waals surface area contributed by atoms with E-state index in [1.165, 1.54) is 0 Å². The van der Waals surface area contributed by atoms with Crippen molar-refractivity contribution in [2.24, 2.45) is 0 Å². The second-order valence-corrected chi connectivity index (χ2v) is 7.63. The van der Waals surface area contributed by atoms with E-state index in [0.717, 1.165) is 41.0 Å². The van der Waals surface area contributed by atoms with Gasteiger partial charge in [0.05, 0.1) is 6.54 Å². The maximum atomic E-state index is 12.5. The summed E-state index contributed by atoms with van der Waals surface area (Å²) in [7, 11) is 0. The zero-order chi connectivity index (χ0) is 19.8. The first kappa shape index (κ1) is 17.7. The van der Waals surface area contributed by atoms with Gasteiger partial charge in [0, 0.05) is 49.1 Å². The average molecular weight is 386 g/mol. The van der Waals surface area contributed by atoms with Crippen molar-refractivity contribution < 1.29 is 9.59 Å². The van der Waals surface area contributed by atoms with E-state index in [1.54, 1.807) is 6.20 Å². The monoisotopic (exact) mass is 386 g/mol. The maximum Gasteiger partial charge on any atom is 0.227 e. The van der Waals surface area contributed by atoms with Crippen LogP contribution in [0.4, 0.5) is 11.4 Å². The van der Waals surface area contributed by atoms with Gasteiger partial charge in [-0.1, -0.05) is 30.3 Å². The van der Waals surface area contributed by atoms with Gasteiger partial charge in [-0.3, -0.25) is 14.3 Å². The quantitative estimate of drug-likeness (QED) is 0.746. The largest absolute Gasteiger partial charge is 0.326 e. The van der Waals surface area contributed by atoms with E-state index in [0.29, 0.717) is 19.4 Å². The molecule has 2 aliphatic heterocycles. The van der Waals surface area contributed by atoms with Gasteiger partial charge in [0.25, 0.3) is 0 Å². The fourth-order valence-corrected chi connectivity index (χ4v) is 4.41. The number of carbonyl (C=O) groups excluding carboxylic acids is 2. The molecule has 1 saturated heterocycles. The van der Waals surface area contributed by atoms with Crippen LogP contribution in [0.5, 0.6) is 0 Å². The molecule has 1 unspecified atom stereocenters. The summed E-state index contributed by atoms with van der Waals surface area (Å²) < 4.78 is 1.89. The van der Waals surface area contributed by atoms with Crippen LogP contribution in [0.3, 0.4) is 0 Å². The van der Waals surface area contributed by atoms with Crippen molar-refractivity contribution >= 4 is 23.2 Å². The Balaban J connectivity index is 1.53. The van der Waals surface area contributed by atoms with Gasteiger partial charge in [0.1, 0.15) is 0 Å². The molecule has 0 bridgehead atoms. The number of rotatable bonds is 4. The van der Waals surface area contributed by atoms with Crippen molar-refractivity contribution in [3.05, 3.63) is 77.6 Å². The Labute approximate surface area is 169 Å². The molecule has 3 heterocycles. The lowest BCUT2D eigenvalue weighted by Crippen LogP contribution is -2.27. The van der Waals surface area contributed by atoms with Crippen molar-refractivity contribution in [3.8, 4) is 0 Å². The molecule has 0 saturated carbocycles. The molecular weight excluding hydrogens is 364 g/mol. The summed E-state index contributed by atoms with van der Waals surface area (Å²) in [4.78, 5) is 26.5. The number of benzene rings is 2. The van der Waals surface area contributed by atoms with Crippen LogP contribution in [0.1, 0.15) is 41.9 Å². The summed E-state index contributed by atoms with van der Waals surface area (Å²) in [5.74, 6) is 0.128. The second-order valence-electron chi connectivity index (χ2n) is 7.63. The van der Waals surface area contributed by atoms with Crippen LogP contribution in [-0.2, 0) is 16.1 Å². The van der Waals surface area contributed by atoms with Crippen LogP contribution >= 0.6 is 0 Å². The summed E-state index contributed by atoms with van der Waals surface area (Å²) in [5, 5.41) is 7.33. The van der Waals surface area contributed by atoms with Crippen LogP contribution in [0.15, 0.2) is 60.9 Å². The minimum absolute atomic E-state index is 0.00120. The third-order valence-corrected chi connectivity index (χ3v) is 5.78. The first-order valence-electron chi connectivity index (χ1n) is 9.98. The Morgan fingerprint density at radius 1 is 1.07 bits per heavy atom. The van der Waals surface area contributed by atoms with E-state index < -0.39 is 0 Å². The number of nitrogens with zero attached hydrogens (tertiary/aromatic N) is 3. The Morgan fingerprint density at radius 3 is 2.76 bits per heavy atom. The van der Waals surface area contributed by atoms with E-state index in [-0.39, 0.29) is 17.7 Å². The third kappa shape index (κ3) is 3.31. The lowest BCUT2D eigenvalue weighted by atomic mass is 9.82. The fourth-order valence-electron chi connectivity index (χ4n) is 4.41. The fraction of sp³-hybridized carbons (Fsp3) is 0.261. The van der Waals surface area contributed by atoms with Gasteiger partial charge in [-0.2, -0.15) is 5.10 Å². The number of hydrogen-bond acceptors (Lipinski definition) is 3. The van der Waals surface area contributed by atoms with Crippen molar-refractivity contribution in [3.63, 3.8) is 0 Å². The van der Waals surface area contributed by atoms with Crippen LogP contribution in [-0.4, -0.2) is 28.1 Å². The molecule has 0 spiro atoms. The van der Waals surface area contributed by atoms with Gasteiger partial charge in [-0.15, -0.1) is 0 Å². The second kappa shape index (κ2) is 7.20. The molecule has 2 amide bonds. The smallest absolute Gasteiger partial charge is 0.227 e. The Hall–Kier alpha value is -3.41. The van der Waals surface area contributed by atoms with E-state index in [2.05, 4.69) is 28.6 Å². The molecule has 1 fully saturated rings. The number of aromatic nitrogens is 2. The molecule has 2 aromatic carbocycles. The molecule has 3 aromatic rings. The summed E-state index contributed by atoms with van der Waals surface area (Å²) in [6.45, 7) is 1.40. The van der Waals surface area contributed by atoms with Gasteiger partial charge in [0.2, 0.25) is 11.8 Å². The Morgan fingerprint density at radius 2 is 1.97 bits per heavy atom. The molecule has 0 aliphatic carbocycles. The van der Waals surface area contributed by atoms with E-state index in [9.17, 15) is 9.59 Å². The molecule has 1 N–H and O–H groups in total. The van der Waals surface area contributed by atoms with E-state index >= 15 is 0 Å². The molecule has 1 aromatic heterocycles. The van der Waals surface area contributed by atoms with E-state index in [4.69, 9.17) is 0 Å². The van der Waals surface area contributed by atoms with Crippen molar-refractivity contribution in [2.45, 2.75) is 31.7 Å². The lowest BCUT2D eigenvalue weighted by molar-refractivity contribution is -0.117. The highest BCUT2D eigenvalue weighted by atomic mass is 16.2. The number of amides is 2. The first-order valence-corrected chi connectivity index (χ1v) is 9.98. The molecule has 6 heteroatoms. The Kier molecular flexibility index (Phi) is 4.39. The predicted molar refractivity (Wildman–Crippen MR) is 111 cm³/mol. The number of anilines is 2. The highest BCUT2D eigenvalue weighted by Gasteiger charge is 2.30. The molecule has 1 atom stereocenters. The Bertz CT molecular complexity index is 1070. The molecule has 6 nitrogen and oxygen atoms in total. The highest BCUT2D eigenvalue weighted by molar-refractivity contribution is 5.99. The van der Waals surface area contributed by atoms with Crippen LogP contribution in [0.2, 0.25) is 0 Å². The number of carbonyl (C=O) groups is 2. The van der Waals surface area contributed by atoms with Gasteiger partial charge in [-0.05, 0) is 41.3 Å². The third-order valence-electron chi connectivity index (χ3n) is 5.78. The summed E-state index contributed by atoms with van der Waals surface area (Å²) in [6.07, 6.45) is 5.59. The standard InChI is InChI=1S/C23H22N4O2/c28-22-14-20(18-6-2-1-5-16(18)15-26-11-4-10-24-26)19-9-8-17(13-21(19)25-22)27-12-3-7-23(27)29/h1-2,4-6,8-11,13,20H,3,7,12,14-15H2,(H,25,28). The number of nitrogens with one attached hydrogen (secondary N) is 1. The zero-order valence-corrected chi connectivity index (χ0v) is 16.0. The first-order chi connectivity index (χ1) is 14.2. The topological polar surface area (TPSA) is 67.2 Å². The minimum Gasteiger partial charge on any atom is -0.326 e. The lowest BCUT2D eigenvalue weighted by Gasteiger charge is -2.29. The molecule has 0 radical (unpaired) electrons. The van der Waals surface area contributed by atoms with Crippen molar-refractivity contribution in [2.75, 3.05) is 16.8 Å². The summed E-state index contributed by atoms with van der Waals surface area (Å²) in [6, 6.07) is 16.2. The van der Waals surface area contributed by atoms with Crippen LogP contribution in [0, 0.1) is 0 Å². The van der Waals surface area contributed by atoms with Crippen molar-refractivity contribution in [1.82, 2.24) is 9.78 Å². The highest BCUT2D eigenvalue weighted by Crippen LogP contribution is 2.40. The van der Waals surface area contributed by atoms with Crippen LogP contribution in [0.25, 0.3) is 0 Å². The molecule has 29 heavy (non-hydrogen) atoms. The minimum atomic E-state index is -0.0196. The normalized spacial score (nSPS) is 18.6. The van der Waals surface area contributed by atoms with Gasteiger partial charge in [-0.25, -0.2) is 0 Å². The molecular formula is C23H22N4O2. The number of fused-ring (bicyclic) bond motifs is 1. The number of hydrogen-bond donors (Lipinski definition) is 1. The average Bonchev–Trinajstić information content (AvgIpc) is 3.39. The van der Waals surface area contributed by atoms with E-state index in [1.807, 2.05) is 46.1 Å².